The molecule has 4 nitrogen and oxygen atoms in total. The van der Waals surface area contributed by atoms with Gasteiger partial charge in [0.25, 0.3) is 0 Å². The summed E-state index contributed by atoms with van der Waals surface area (Å²) in [5, 5.41) is 0. The molecule has 0 aromatic heterocycles. The van der Waals surface area contributed by atoms with E-state index in [0.717, 1.165) is 49.3 Å². The van der Waals surface area contributed by atoms with E-state index in [4.69, 9.17) is 15.2 Å². The van der Waals surface area contributed by atoms with Crippen molar-refractivity contribution in [1.29, 1.82) is 0 Å². The maximum absolute atomic E-state index is 5.66. The Morgan fingerprint density at radius 3 is 2.50 bits per heavy atom. The number of hydrogen-bond donors (Lipinski definition) is 1. The molecule has 0 unspecified atom stereocenters. The van der Waals surface area contributed by atoms with Crippen LogP contribution in [-0.2, 0) is 22.6 Å². The fraction of sp³-hybridized carbons (Fsp3) is 0.600. The van der Waals surface area contributed by atoms with Crippen LogP contribution in [0.15, 0.2) is 22.7 Å². The maximum Gasteiger partial charge on any atom is 0.0589 e. The van der Waals surface area contributed by atoms with Gasteiger partial charge < -0.3 is 15.2 Å². The SMILES string of the molecule is COCCCN(CCOC)Cc1ccc(CN)cc1Br. The average Bonchev–Trinajstić information content (AvgIpc) is 2.46. The van der Waals surface area contributed by atoms with Crippen LogP contribution in [0.3, 0.4) is 0 Å². The van der Waals surface area contributed by atoms with Crippen LogP contribution < -0.4 is 5.73 Å². The Labute approximate surface area is 130 Å². The van der Waals surface area contributed by atoms with Gasteiger partial charge in [-0.1, -0.05) is 28.1 Å². The van der Waals surface area contributed by atoms with E-state index in [9.17, 15) is 0 Å². The number of benzene rings is 1. The molecule has 1 aromatic rings. The van der Waals surface area contributed by atoms with Gasteiger partial charge in [-0.25, -0.2) is 0 Å². The highest BCUT2D eigenvalue weighted by Crippen LogP contribution is 2.20. The van der Waals surface area contributed by atoms with Gasteiger partial charge in [0.2, 0.25) is 0 Å². The fourth-order valence-corrected chi connectivity index (χ4v) is 2.56. The van der Waals surface area contributed by atoms with Crippen LogP contribution in [0, 0.1) is 0 Å². The molecule has 0 fully saturated rings. The van der Waals surface area contributed by atoms with Crippen molar-refractivity contribution in [1.82, 2.24) is 4.90 Å². The van der Waals surface area contributed by atoms with E-state index in [2.05, 4.69) is 39.0 Å². The summed E-state index contributed by atoms with van der Waals surface area (Å²) in [7, 11) is 3.47. The molecular weight excluding hydrogens is 320 g/mol. The summed E-state index contributed by atoms with van der Waals surface area (Å²) in [4.78, 5) is 2.38. The molecule has 5 heteroatoms. The van der Waals surface area contributed by atoms with Gasteiger partial charge in [-0.3, -0.25) is 4.90 Å². The first kappa shape index (κ1) is 17.6. The van der Waals surface area contributed by atoms with Gasteiger partial charge in [-0.15, -0.1) is 0 Å². The molecule has 0 heterocycles. The van der Waals surface area contributed by atoms with E-state index in [0.29, 0.717) is 6.54 Å². The van der Waals surface area contributed by atoms with Crippen molar-refractivity contribution in [2.45, 2.75) is 19.5 Å². The Balaban J connectivity index is 2.62. The molecule has 114 valence electrons. The first-order valence-electron chi connectivity index (χ1n) is 6.88. The third kappa shape index (κ3) is 6.33. The number of ether oxygens (including phenoxy) is 2. The lowest BCUT2D eigenvalue weighted by Gasteiger charge is -2.22. The van der Waals surface area contributed by atoms with Gasteiger partial charge in [0, 0.05) is 51.5 Å². The van der Waals surface area contributed by atoms with Crippen molar-refractivity contribution in [3.8, 4) is 0 Å². The molecular formula is C15H25BrN2O2. The summed E-state index contributed by atoms with van der Waals surface area (Å²) in [5.41, 5.74) is 8.07. The van der Waals surface area contributed by atoms with Crippen molar-refractivity contribution in [2.24, 2.45) is 5.73 Å². The van der Waals surface area contributed by atoms with E-state index in [-0.39, 0.29) is 0 Å². The van der Waals surface area contributed by atoms with Crippen LogP contribution >= 0.6 is 15.9 Å². The molecule has 1 aromatic carbocycles. The topological polar surface area (TPSA) is 47.7 Å². The average molecular weight is 345 g/mol. The Morgan fingerprint density at radius 2 is 1.90 bits per heavy atom. The molecule has 1 rings (SSSR count). The third-order valence-electron chi connectivity index (χ3n) is 3.18. The van der Waals surface area contributed by atoms with E-state index in [1.165, 1.54) is 5.56 Å². The first-order valence-corrected chi connectivity index (χ1v) is 7.68. The van der Waals surface area contributed by atoms with Gasteiger partial charge in [-0.05, 0) is 23.6 Å². The van der Waals surface area contributed by atoms with Crippen molar-refractivity contribution >= 4 is 15.9 Å². The van der Waals surface area contributed by atoms with Crippen LogP contribution in [0.4, 0.5) is 0 Å². The number of halogens is 1. The van der Waals surface area contributed by atoms with E-state index in [1.54, 1.807) is 14.2 Å². The van der Waals surface area contributed by atoms with Crippen molar-refractivity contribution in [2.75, 3.05) is 40.5 Å². The van der Waals surface area contributed by atoms with Gasteiger partial charge >= 0.3 is 0 Å². The maximum atomic E-state index is 5.66. The lowest BCUT2D eigenvalue weighted by atomic mass is 10.1. The van der Waals surface area contributed by atoms with Gasteiger partial charge in [0.15, 0.2) is 0 Å². The molecule has 0 saturated carbocycles. The molecule has 0 spiro atoms. The highest BCUT2D eigenvalue weighted by Gasteiger charge is 2.08. The standard InChI is InChI=1S/C15H25BrN2O2/c1-19-8-3-6-18(7-9-20-2)12-14-5-4-13(11-17)10-15(14)16/h4-5,10H,3,6-9,11-12,17H2,1-2H3. The summed E-state index contributed by atoms with van der Waals surface area (Å²) in [6.45, 7) is 4.93. The van der Waals surface area contributed by atoms with Crippen LogP contribution in [0.5, 0.6) is 0 Å². The van der Waals surface area contributed by atoms with Crippen molar-refractivity contribution < 1.29 is 9.47 Å². The van der Waals surface area contributed by atoms with E-state index >= 15 is 0 Å². The summed E-state index contributed by atoms with van der Waals surface area (Å²) in [6, 6.07) is 6.32. The number of nitrogens with two attached hydrogens (primary N) is 1. The molecule has 0 bridgehead atoms. The molecule has 0 aliphatic rings. The van der Waals surface area contributed by atoms with Crippen LogP contribution in [0.1, 0.15) is 17.5 Å². The molecule has 0 aliphatic carbocycles. The monoisotopic (exact) mass is 344 g/mol. The molecule has 20 heavy (non-hydrogen) atoms. The van der Waals surface area contributed by atoms with Crippen LogP contribution in [0.2, 0.25) is 0 Å². The van der Waals surface area contributed by atoms with Gasteiger partial charge in [0.1, 0.15) is 0 Å². The summed E-state index contributed by atoms with van der Waals surface area (Å²) < 4.78 is 11.4. The summed E-state index contributed by atoms with van der Waals surface area (Å²) in [6.07, 6.45) is 1.03. The minimum absolute atomic E-state index is 0.570. The number of nitrogens with zero attached hydrogens (tertiary/aromatic N) is 1. The lowest BCUT2D eigenvalue weighted by molar-refractivity contribution is 0.129. The second-order valence-electron chi connectivity index (χ2n) is 4.75. The number of hydrogen-bond acceptors (Lipinski definition) is 4. The first-order chi connectivity index (χ1) is 9.71. The second-order valence-corrected chi connectivity index (χ2v) is 5.60. The molecule has 0 aliphatic heterocycles. The van der Waals surface area contributed by atoms with Crippen LogP contribution in [-0.4, -0.2) is 45.4 Å². The number of rotatable bonds is 10. The highest BCUT2D eigenvalue weighted by molar-refractivity contribution is 9.10. The van der Waals surface area contributed by atoms with E-state index < -0.39 is 0 Å². The van der Waals surface area contributed by atoms with Gasteiger partial charge in [0.05, 0.1) is 6.61 Å². The van der Waals surface area contributed by atoms with E-state index in [1.807, 2.05) is 0 Å². The fourth-order valence-electron chi connectivity index (χ4n) is 2.01. The molecule has 2 N–H and O–H groups in total. The van der Waals surface area contributed by atoms with Crippen molar-refractivity contribution in [3.05, 3.63) is 33.8 Å². The molecule has 0 saturated heterocycles. The lowest BCUT2D eigenvalue weighted by Crippen LogP contribution is -2.29. The third-order valence-corrected chi connectivity index (χ3v) is 3.92. The molecule has 0 atom stereocenters. The zero-order chi connectivity index (χ0) is 14.8. The smallest absolute Gasteiger partial charge is 0.0589 e. The minimum Gasteiger partial charge on any atom is -0.385 e. The second kappa shape index (κ2) is 10.3. The van der Waals surface area contributed by atoms with Crippen molar-refractivity contribution in [3.63, 3.8) is 0 Å². The Bertz CT molecular complexity index is 388. The zero-order valence-corrected chi connectivity index (χ0v) is 14.0. The molecule has 0 amide bonds. The Morgan fingerprint density at radius 1 is 1.15 bits per heavy atom. The quantitative estimate of drug-likeness (QED) is 0.662. The van der Waals surface area contributed by atoms with Crippen LogP contribution in [0.25, 0.3) is 0 Å². The minimum atomic E-state index is 0.570. The largest absolute Gasteiger partial charge is 0.385 e. The highest BCUT2D eigenvalue weighted by atomic mass is 79.9. The normalized spacial score (nSPS) is 11.2. The number of methoxy groups -OCH3 is 2. The summed E-state index contributed by atoms with van der Waals surface area (Å²) >= 11 is 3.63. The van der Waals surface area contributed by atoms with Gasteiger partial charge in [-0.2, -0.15) is 0 Å². The Kier molecular flexibility index (Phi) is 9.05. The Hall–Kier alpha value is -0.460. The predicted octanol–water partition coefficient (Wildman–Crippen LogP) is 2.39. The molecule has 0 radical (unpaired) electrons. The summed E-state index contributed by atoms with van der Waals surface area (Å²) in [5.74, 6) is 0. The zero-order valence-electron chi connectivity index (χ0n) is 12.4. The predicted molar refractivity (Wildman–Crippen MR) is 85.7 cm³/mol.